The van der Waals surface area contributed by atoms with Crippen molar-refractivity contribution < 1.29 is 4.74 Å². The van der Waals surface area contributed by atoms with Crippen molar-refractivity contribution in [3.8, 4) is 11.1 Å². The first-order valence-corrected chi connectivity index (χ1v) is 8.09. The molecule has 2 aromatic rings. The van der Waals surface area contributed by atoms with Gasteiger partial charge in [-0.05, 0) is 44.0 Å². The lowest BCUT2D eigenvalue weighted by molar-refractivity contribution is 0.0106. The second-order valence-electron chi connectivity index (χ2n) is 6.30. The Hall–Kier alpha value is -1.81. The number of hydrogen-bond donors (Lipinski definition) is 0. The quantitative estimate of drug-likeness (QED) is 0.868. The summed E-state index contributed by atoms with van der Waals surface area (Å²) in [6.45, 7) is 8.41. The Labute approximate surface area is 132 Å². The van der Waals surface area contributed by atoms with Gasteiger partial charge in [0.15, 0.2) is 0 Å². The van der Waals surface area contributed by atoms with Crippen LogP contribution in [0.1, 0.15) is 26.3 Å². The zero-order valence-electron chi connectivity index (χ0n) is 13.9. The number of aryl methyl sites for hydroxylation is 1. The van der Waals surface area contributed by atoms with Crippen molar-refractivity contribution in [3.63, 3.8) is 0 Å². The molecule has 4 heteroatoms. The molecule has 0 N–H and O–H groups in total. The summed E-state index contributed by atoms with van der Waals surface area (Å²) in [6.07, 6.45) is 5.51. The number of hydrogen-bond acceptors (Lipinski definition) is 3. The molecule has 1 aliphatic heterocycles. The fraction of sp³-hybridized carbons (Fsp3) is 0.500. The van der Waals surface area contributed by atoms with Gasteiger partial charge in [-0.2, -0.15) is 5.10 Å². The third-order valence-electron chi connectivity index (χ3n) is 4.18. The first kappa shape index (κ1) is 15.1. The first-order valence-electron chi connectivity index (χ1n) is 8.09. The number of fused-ring (bicyclic) bond motifs is 1. The van der Waals surface area contributed by atoms with Crippen LogP contribution in [0.25, 0.3) is 11.1 Å². The second-order valence-corrected chi connectivity index (χ2v) is 6.30. The molecule has 1 unspecified atom stereocenters. The summed E-state index contributed by atoms with van der Waals surface area (Å²) >= 11 is 0. The van der Waals surface area contributed by atoms with E-state index >= 15 is 0 Å². The van der Waals surface area contributed by atoms with E-state index < -0.39 is 0 Å². The van der Waals surface area contributed by atoms with Crippen molar-refractivity contribution in [1.82, 2.24) is 9.78 Å². The van der Waals surface area contributed by atoms with Gasteiger partial charge in [0.2, 0.25) is 0 Å². The van der Waals surface area contributed by atoms with E-state index in [0.717, 1.165) is 19.5 Å². The van der Waals surface area contributed by atoms with E-state index in [1.165, 1.54) is 22.4 Å². The highest BCUT2D eigenvalue weighted by atomic mass is 16.5. The van der Waals surface area contributed by atoms with Crippen LogP contribution in [0.4, 0.5) is 5.69 Å². The summed E-state index contributed by atoms with van der Waals surface area (Å²) in [6, 6.07) is 6.74. The molecule has 1 aliphatic rings. The maximum Gasteiger partial charge on any atom is 0.0794 e. The summed E-state index contributed by atoms with van der Waals surface area (Å²) in [7, 11) is 1.95. The van der Waals surface area contributed by atoms with Crippen LogP contribution in [0.5, 0.6) is 0 Å². The van der Waals surface area contributed by atoms with E-state index in [1.54, 1.807) is 0 Å². The lowest BCUT2D eigenvalue weighted by Crippen LogP contribution is -2.40. The van der Waals surface area contributed by atoms with Crippen LogP contribution in [0.3, 0.4) is 0 Å². The van der Waals surface area contributed by atoms with Gasteiger partial charge < -0.3 is 9.64 Å². The van der Waals surface area contributed by atoms with E-state index in [9.17, 15) is 0 Å². The van der Waals surface area contributed by atoms with E-state index in [2.05, 4.69) is 55.2 Å². The highest BCUT2D eigenvalue weighted by Gasteiger charge is 2.25. The van der Waals surface area contributed by atoms with E-state index in [4.69, 9.17) is 4.74 Å². The van der Waals surface area contributed by atoms with Gasteiger partial charge in [-0.25, -0.2) is 0 Å². The Morgan fingerprint density at radius 2 is 2.14 bits per heavy atom. The molecule has 2 heterocycles. The third-order valence-corrected chi connectivity index (χ3v) is 4.18. The topological polar surface area (TPSA) is 30.3 Å². The van der Waals surface area contributed by atoms with Gasteiger partial charge in [-0.1, -0.05) is 6.07 Å². The van der Waals surface area contributed by atoms with Crippen molar-refractivity contribution in [2.45, 2.75) is 39.4 Å². The summed E-state index contributed by atoms with van der Waals surface area (Å²) in [5, 5.41) is 4.27. The van der Waals surface area contributed by atoms with Crippen molar-refractivity contribution in [2.24, 2.45) is 7.05 Å². The van der Waals surface area contributed by atoms with Gasteiger partial charge in [0.05, 0.1) is 18.4 Å². The lowest BCUT2D eigenvalue weighted by Gasteiger charge is -2.36. The number of nitrogens with zero attached hydrogens (tertiary/aromatic N) is 3. The average Bonchev–Trinajstić information content (AvgIpc) is 2.91. The highest BCUT2D eigenvalue weighted by Crippen LogP contribution is 2.32. The fourth-order valence-corrected chi connectivity index (χ4v) is 3.24. The standard InChI is InChI=1S/C18H25N3O/c1-5-21-12-17(22-13(2)3)9-15-8-14(6-7-18(15)21)16-10-19-20(4)11-16/h6-8,10-11,13,17H,5,9,12H2,1-4H3. The van der Waals surface area contributed by atoms with Crippen LogP contribution in [-0.2, 0) is 18.2 Å². The van der Waals surface area contributed by atoms with E-state index in [0.29, 0.717) is 0 Å². The van der Waals surface area contributed by atoms with E-state index in [-0.39, 0.29) is 12.2 Å². The van der Waals surface area contributed by atoms with Gasteiger partial charge in [0, 0.05) is 44.0 Å². The normalized spacial score (nSPS) is 17.9. The maximum atomic E-state index is 6.07. The number of rotatable bonds is 4. The Kier molecular flexibility index (Phi) is 4.21. The molecule has 0 bridgehead atoms. The van der Waals surface area contributed by atoms with Gasteiger partial charge in [0.1, 0.15) is 0 Å². The van der Waals surface area contributed by atoms with Crippen molar-refractivity contribution >= 4 is 5.69 Å². The summed E-state index contributed by atoms with van der Waals surface area (Å²) < 4.78 is 7.92. The van der Waals surface area contributed by atoms with Gasteiger partial charge >= 0.3 is 0 Å². The monoisotopic (exact) mass is 299 g/mol. The van der Waals surface area contributed by atoms with Gasteiger partial charge in [-0.15, -0.1) is 0 Å². The van der Waals surface area contributed by atoms with Crippen molar-refractivity contribution in [2.75, 3.05) is 18.0 Å². The molecule has 0 saturated carbocycles. The number of benzene rings is 1. The van der Waals surface area contributed by atoms with Crippen molar-refractivity contribution in [1.29, 1.82) is 0 Å². The number of likely N-dealkylation sites (N-methyl/N-ethyl adjacent to an activating group) is 1. The van der Waals surface area contributed by atoms with Crippen LogP contribution in [0, 0.1) is 0 Å². The molecule has 0 aliphatic carbocycles. The minimum absolute atomic E-state index is 0.270. The second kappa shape index (κ2) is 6.13. The van der Waals surface area contributed by atoms with Crippen LogP contribution in [-0.4, -0.2) is 35.1 Å². The zero-order valence-corrected chi connectivity index (χ0v) is 13.9. The number of anilines is 1. The summed E-state index contributed by atoms with van der Waals surface area (Å²) in [5.74, 6) is 0. The van der Waals surface area contributed by atoms with E-state index in [1.807, 2.05) is 17.9 Å². The molecular weight excluding hydrogens is 274 g/mol. The molecule has 118 valence electrons. The van der Waals surface area contributed by atoms with Crippen LogP contribution in [0.15, 0.2) is 30.6 Å². The third kappa shape index (κ3) is 3.02. The van der Waals surface area contributed by atoms with Gasteiger partial charge in [0.25, 0.3) is 0 Å². The molecule has 0 spiro atoms. The van der Waals surface area contributed by atoms with Crippen LogP contribution < -0.4 is 4.90 Å². The van der Waals surface area contributed by atoms with Gasteiger partial charge in [-0.3, -0.25) is 4.68 Å². The molecule has 0 saturated heterocycles. The number of aromatic nitrogens is 2. The molecule has 1 aromatic carbocycles. The highest BCUT2D eigenvalue weighted by molar-refractivity contribution is 5.69. The first-order chi connectivity index (χ1) is 10.6. The molecule has 1 atom stereocenters. The molecule has 0 radical (unpaired) electrons. The Bertz CT molecular complexity index is 648. The molecular formula is C18H25N3O. The Morgan fingerprint density at radius 1 is 1.32 bits per heavy atom. The molecule has 3 rings (SSSR count). The molecule has 0 amide bonds. The van der Waals surface area contributed by atoms with Crippen LogP contribution >= 0.6 is 0 Å². The summed E-state index contributed by atoms with van der Waals surface area (Å²) in [5.41, 5.74) is 5.12. The summed E-state index contributed by atoms with van der Waals surface area (Å²) in [4.78, 5) is 2.42. The molecule has 4 nitrogen and oxygen atoms in total. The Morgan fingerprint density at radius 3 is 2.77 bits per heavy atom. The Balaban J connectivity index is 1.92. The predicted octanol–water partition coefficient (Wildman–Crippen LogP) is 3.26. The fourth-order valence-electron chi connectivity index (χ4n) is 3.24. The maximum absolute atomic E-state index is 6.07. The molecule has 22 heavy (non-hydrogen) atoms. The lowest BCUT2D eigenvalue weighted by atomic mass is 9.95. The minimum atomic E-state index is 0.270. The SMILES string of the molecule is CCN1CC(OC(C)C)Cc2cc(-c3cnn(C)c3)ccc21. The zero-order chi connectivity index (χ0) is 15.7. The predicted molar refractivity (Wildman–Crippen MR) is 90.2 cm³/mol. The van der Waals surface area contributed by atoms with Crippen molar-refractivity contribution in [3.05, 3.63) is 36.2 Å². The minimum Gasteiger partial charge on any atom is -0.373 e. The van der Waals surface area contributed by atoms with Crippen LogP contribution in [0.2, 0.25) is 0 Å². The average molecular weight is 299 g/mol. The largest absolute Gasteiger partial charge is 0.373 e. The number of ether oxygens (including phenoxy) is 1. The molecule has 0 fully saturated rings. The smallest absolute Gasteiger partial charge is 0.0794 e. The molecule has 1 aromatic heterocycles.